The van der Waals surface area contributed by atoms with Crippen molar-refractivity contribution in [1.82, 2.24) is 9.62 Å². The van der Waals surface area contributed by atoms with Crippen LogP contribution in [0.15, 0.2) is 29.2 Å². The first kappa shape index (κ1) is 20.8. The maximum Gasteiger partial charge on any atom is 0.413 e. The number of imide groups is 1. The van der Waals surface area contributed by atoms with Gasteiger partial charge in [0.1, 0.15) is 6.04 Å². The number of carbonyl (C=O) groups is 3. The van der Waals surface area contributed by atoms with Crippen molar-refractivity contribution in [2.75, 3.05) is 19.8 Å². The molecule has 1 fully saturated rings. The molecule has 0 aliphatic carbocycles. The van der Waals surface area contributed by atoms with E-state index < -0.39 is 40.6 Å². The summed E-state index contributed by atoms with van der Waals surface area (Å²) in [5.41, 5.74) is 0.916. The van der Waals surface area contributed by atoms with E-state index in [-0.39, 0.29) is 18.0 Å². The van der Waals surface area contributed by atoms with Crippen molar-refractivity contribution in [1.29, 1.82) is 0 Å². The number of ether oxygens (including phenoxy) is 2. The van der Waals surface area contributed by atoms with E-state index in [0.717, 1.165) is 9.87 Å². The number of hydrogen-bond donors (Lipinski definition) is 1. The molecule has 1 atom stereocenters. The predicted molar refractivity (Wildman–Crippen MR) is 94.2 cm³/mol. The highest BCUT2D eigenvalue weighted by Crippen LogP contribution is 2.27. The van der Waals surface area contributed by atoms with E-state index in [9.17, 15) is 22.8 Å². The van der Waals surface area contributed by atoms with E-state index in [1.807, 2.05) is 12.2 Å². The van der Waals surface area contributed by atoms with Crippen LogP contribution in [-0.4, -0.2) is 56.5 Å². The molecule has 0 spiro atoms. The van der Waals surface area contributed by atoms with E-state index in [4.69, 9.17) is 4.74 Å². The summed E-state index contributed by atoms with van der Waals surface area (Å²) < 4.78 is 36.1. The number of rotatable bonds is 6. The van der Waals surface area contributed by atoms with Gasteiger partial charge >= 0.3 is 12.1 Å². The Morgan fingerprint density at radius 1 is 1.19 bits per heavy atom. The monoisotopic (exact) mass is 398 g/mol. The number of aryl methyl sites for hydroxylation is 1. The molecule has 0 bridgehead atoms. The fraction of sp³-hybridized carbons (Fsp3) is 0.471. The van der Waals surface area contributed by atoms with Gasteiger partial charge in [0.2, 0.25) is 10.0 Å². The van der Waals surface area contributed by atoms with Crippen molar-refractivity contribution < 1.29 is 32.3 Å². The first-order valence-corrected chi connectivity index (χ1v) is 9.91. The molecule has 1 aliphatic rings. The van der Waals surface area contributed by atoms with Crippen LogP contribution in [0.5, 0.6) is 0 Å². The lowest BCUT2D eigenvalue weighted by Crippen LogP contribution is -2.42. The molecule has 1 aliphatic heterocycles. The van der Waals surface area contributed by atoms with Crippen LogP contribution in [0.4, 0.5) is 4.79 Å². The number of nitrogens with zero attached hydrogens (tertiary/aromatic N) is 1. The van der Waals surface area contributed by atoms with Gasteiger partial charge in [0.15, 0.2) is 6.61 Å². The predicted octanol–water partition coefficient (Wildman–Crippen LogP) is 0.964. The number of sulfonamides is 1. The average Bonchev–Trinajstić information content (AvgIpc) is 3.11. The van der Waals surface area contributed by atoms with Gasteiger partial charge in [-0.3, -0.25) is 14.9 Å². The molecular formula is C17H22N2O7S. The van der Waals surface area contributed by atoms with Gasteiger partial charge in [-0.1, -0.05) is 17.7 Å². The van der Waals surface area contributed by atoms with Gasteiger partial charge in [-0.2, -0.15) is 4.31 Å². The van der Waals surface area contributed by atoms with Crippen molar-refractivity contribution in [3.63, 3.8) is 0 Å². The smallest absolute Gasteiger partial charge is 0.413 e. The topological polar surface area (TPSA) is 119 Å². The summed E-state index contributed by atoms with van der Waals surface area (Å²) in [5.74, 6) is -1.69. The van der Waals surface area contributed by atoms with Crippen LogP contribution >= 0.6 is 0 Å². The van der Waals surface area contributed by atoms with E-state index in [1.54, 1.807) is 19.1 Å². The molecule has 148 valence electrons. The third-order valence-corrected chi connectivity index (χ3v) is 5.89. The SMILES string of the molecule is CCOC(=O)NC(=O)COC(=O)[C@@H]1CCCN1S(=O)(=O)c1ccc(C)cc1. The molecule has 1 N–H and O–H groups in total. The Bertz CT molecular complexity index is 805. The third-order valence-electron chi connectivity index (χ3n) is 3.97. The van der Waals surface area contributed by atoms with Crippen LogP contribution in [0, 0.1) is 6.92 Å². The quantitative estimate of drug-likeness (QED) is 0.709. The molecule has 9 nitrogen and oxygen atoms in total. The van der Waals surface area contributed by atoms with Gasteiger partial charge in [0, 0.05) is 6.54 Å². The number of alkyl carbamates (subject to hydrolysis) is 1. The largest absolute Gasteiger partial charge is 0.454 e. The van der Waals surface area contributed by atoms with Crippen LogP contribution in [0.2, 0.25) is 0 Å². The Labute approximate surface area is 157 Å². The third kappa shape index (κ3) is 5.27. The van der Waals surface area contributed by atoms with E-state index in [1.165, 1.54) is 12.1 Å². The van der Waals surface area contributed by atoms with Crippen molar-refractivity contribution in [2.24, 2.45) is 0 Å². The van der Waals surface area contributed by atoms with Crippen molar-refractivity contribution in [3.8, 4) is 0 Å². The molecule has 0 saturated carbocycles. The molecule has 0 radical (unpaired) electrons. The van der Waals surface area contributed by atoms with Crippen molar-refractivity contribution in [2.45, 2.75) is 37.6 Å². The number of hydrogen-bond acceptors (Lipinski definition) is 7. The van der Waals surface area contributed by atoms with Crippen LogP contribution in [-0.2, 0) is 29.1 Å². The number of esters is 1. The lowest BCUT2D eigenvalue weighted by Gasteiger charge is -2.22. The lowest BCUT2D eigenvalue weighted by atomic mass is 10.2. The average molecular weight is 398 g/mol. The number of nitrogens with one attached hydrogen (secondary N) is 1. The summed E-state index contributed by atoms with van der Waals surface area (Å²) in [6, 6.07) is 5.31. The Morgan fingerprint density at radius 3 is 2.48 bits per heavy atom. The molecule has 1 heterocycles. The molecular weight excluding hydrogens is 376 g/mol. The second-order valence-corrected chi connectivity index (χ2v) is 7.85. The molecule has 27 heavy (non-hydrogen) atoms. The molecule has 10 heteroatoms. The second-order valence-electron chi connectivity index (χ2n) is 5.96. The summed E-state index contributed by atoms with van der Waals surface area (Å²) in [7, 11) is -3.86. The Balaban J connectivity index is 2.00. The molecule has 1 aromatic rings. The molecule has 2 rings (SSSR count). The molecule has 2 amide bonds. The minimum atomic E-state index is -3.86. The van der Waals surface area contributed by atoms with E-state index in [2.05, 4.69) is 4.74 Å². The normalized spacial score (nSPS) is 17.3. The van der Waals surface area contributed by atoms with E-state index in [0.29, 0.717) is 12.8 Å². The number of benzene rings is 1. The first-order chi connectivity index (χ1) is 12.8. The zero-order valence-electron chi connectivity index (χ0n) is 15.1. The fourth-order valence-electron chi connectivity index (χ4n) is 2.66. The minimum Gasteiger partial charge on any atom is -0.454 e. The van der Waals surface area contributed by atoms with Crippen LogP contribution in [0.25, 0.3) is 0 Å². The summed E-state index contributed by atoms with van der Waals surface area (Å²) in [5, 5.41) is 1.89. The Morgan fingerprint density at radius 2 is 1.85 bits per heavy atom. The van der Waals surface area contributed by atoms with Crippen LogP contribution < -0.4 is 5.32 Å². The highest BCUT2D eigenvalue weighted by molar-refractivity contribution is 7.89. The maximum atomic E-state index is 12.8. The number of amides is 2. The fourth-order valence-corrected chi connectivity index (χ4v) is 4.31. The van der Waals surface area contributed by atoms with Crippen molar-refractivity contribution >= 4 is 28.0 Å². The second kappa shape index (κ2) is 8.96. The van der Waals surface area contributed by atoms with Crippen molar-refractivity contribution in [3.05, 3.63) is 29.8 Å². The van der Waals surface area contributed by atoms with Gasteiger partial charge in [-0.15, -0.1) is 0 Å². The first-order valence-electron chi connectivity index (χ1n) is 8.47. The minimum absolute atomic E-state index is 0.0901. The molecule has 1 aromatic carbocycles. The van der Waals surface area contributed by atoms with Gasteiger partial charge in [-0.05, 0) is 38.8 Å². The Kier molecular flexibility index (Phi) is 6.92. The molecule has 0 unspecified atom stereocenters. The van der Waals surface area contributed by atoms with Gasteiger partial charge in [0.05, 0.1) is 11.5 Å². The maximum absolute atomic E-state index is 12.8. The summed E-state index contributed by atoms with van der Waals surface area (Å²) in [6.45, 7) is 2.99. The highest BCUT2D eigenvalue weighted by Gasteiger charge is 2.40. The summed E-state index contributed by atoms with van der Waals surface area (Å²) in [4.78, 5) is 35.1. The van der Waals surface area contributed by atoms with Gasteiger partial charge < -0.3 is 9.47 Å². The van der Waals surface area contributed by atoms with E-state index >= 15 is 0 Å². The van der Waals surface area contributed by atoms with Crippen LogP contribution in [0.1, 0.15) is 25.3 Å². The Hall–Kier alpha value is -2.46. The summed E-state index contributed by atoms with van der Waals surface area (Å²) in [6.07, 6.45) is -0.147. The zero-order chi connectivity index (χ0) is 20.0. The molecule has 0 aromatic heterocycles. The number of carbonyl (C=O) groups excluding carboxylic acids is 3. The lowest BCUT2D eigenvalue weighted by molar-refractivity contribution is -0.151. The van der Waals surface area contributed by atoms with Crippen LogP contribution in [0.3, 0.4) is 0 Å². The molecule has 1 saturated heterocycles. The van der Waals surface area contributed by atoms with Gasteiger partial charge in [-0.25, -0.2) is 13.2 Å². The zero-order valence-corrected chi connectivity index (χ0v) is 16.0. The van der Waals surface area contributed by atoms with Gasteiger partial charge in [0.25, 0.3) is 5.91 Å². The standard InChI is InChI=1S/C17H22N2O7S/c1-3-25-17(22)18-15(20)11-26-16(21)14-5-4-10-19(14)27(23,24)13-8-6-12(2)7-9-13/h6-9,14H,3-5,10-11H2,1-2H3,(H,18,20,22)/t14-/m0/s1. The highest BCUT2D eigenvalue weighted by atomic mass is 32.2. The summed E-state index contributed by atoms with van der Waals surface area (Å²) >= 11 is 0.